The lowest BCUT2D eigenvalue weighted by molar-refractivity contribution is -0.122. The molecule has 0 spiro atoms. The van der Waals surface area contributed by atoms with Crippen molar-refractivity contribution in [2.24, 2.45) is 0 Å². The van der Waals surface area contributed by atoms with Crippen molar-refractivity contribution in [2.45, 2.75) is 32.7 Å². The molecule has 0 radical (unpaired) electrons. The summed E-state index contributed by atoms with van der Waals surface area (Å²) in [5.74, 6) is 0.209. The van der Waals surface area contributed by atoms with Crippen LogP contribution in [0.3, 0.4) is 0 Å². The predicted octanol–water partition coefficient (Wildman–Crippen LogP) is 2.96. The number of Topliss-reactive ketones (excluding diaryl/α,β-unsaturated/α-hetero) is 1. The Morgan fingerprint density at radius 2 is 2.07 bits per heavy atom. The van der Waals surface area contributed by atoms with Crippen molar-refractivity contribution in [1.29, 1.82) is 0 Å². The summed E-state index contributed by atoms with van der Waals surface area (Å²) in [7, 11) is 0. The van der Waals surface area contributed by atoms with Crippen molar-refractivity contribution in [2.75, 3.05) is 5.32 Å². The quantitative estimate of drug-likeness (QED) is 0.733. The van der Waals surface area contributed by atoms with E-state index in [2.05, 4.69) is 5.32 Å². The van der Waals surface area contributed by atoms with Gasteiger partial charge in [-0.2, -0.15) is 0 Å². The standard InChI is InChI=1S/C12H14ClNO/c1-7-4-5-9(13)11-8(7)6-10(15)12(2,3)14-11/h4-5,14H,6H2,1-3H3. The van der Waals surface area contributed by atoms with Crippen molar-refractivity contribution in [3.8, 4) is 0 Å². The van der Waals surface area contributed by atoms with Crippen LogP contribution in [0.25, 0.3) is 0 Å². The molecule has 0 saturated heterocycles. The van der Waals surface area contributed by atoms with Crippen LogP contribution in [0, 0.1) is 6.92 Å². The molecule has 1 heterocycles. The van der Waals surface area contributed by atoms with Gasteiger partial charge in [-0.3, -0.25) is 4.79 Å². The Labute approximate surface area is 94.6 Å². The molecular weight excluding hydrogens is 210 g/mol. The minimum Gasteiger partial charge on any atom is -0.372 e. The Morgan fingerprint density at radius 3 is 2.73 bits per heavy atom. The molecule has 2 nitrogen and oxygen atoms in total. The molecule has 0 unspecified atom stereocenters. The number of hydrogen-bond donors (Lipinski definition) is 1. The highest BCUT2D eigenvalue weighted by molar-refractivity contribution is 6.33. The largest absolute Gasteiger partial charge is 0.372 e. The monoisotopic (exact) mass is 223 g/mol. The number of halogens is 1. The summed E-state index contributed by atoms with van der Waals surface area (Å²) < 4.78 is 0. The van der Waals surface area contributed by atoms with E-state index in [4.69, 9.17) is 11.6 Å². The Kier molecular flexibility index (Phi) is 2.27. The number of carbonyl (C=O) groups excluding carboxylic acids is 1. The van der Waals surface area contributed by atoms with Gasteiger partial charge in [0.1, 0.15) is 0 Å². The smallest absolute Gasteiger partial charge is 0.162 e. The number of rotatable bonds is 0. The van der Waals surface area contributed by atoms with E-state index >= 15 is 0 Å². The lowest BCUT2D eigenvalue weighted by atomic mass is 9.86. The summed E-state index contributed by atoms with van der Waals surface area (Å²) in [6.07, 6.45) is 0.474. The minimum atomic E-state index is -0.509. The molecule has 1 aliphatic rings. The van der Waals surface area contributed by atoms with Gasteiger partial charge in [-0.05, 0) is 38.0 Å². The Hall–Kier alpha value is -1.02. The van der Waals surface area contributed by atoms with E-state index in [1.54, 1.807) is 0 Å². The predicted molar refractivity (Wildman–Crippen MR) is 62.6 cm³/mol. The highest BCUT2D eigenvalue weighted by Crippen LogP contribution is 2.35. The zero-order valence-electron chi connectivity index (χ0n) is 9.15. The van der Waals surface area contributed by atoms with Crippen LogP contribution in [-0.2, 0) is 11.2 Å². The second kappa shape index (κ2) is 3.24. The van der Waals surface area contributed by atoms with Gasteiger partial charge in [0.2, 0.25) is 0 Å². The van der Waals surface area contributed by atoms with Crippen LogP contribution in [0.4, 0.5) is 5.69 Å². The molecule has 0 aliphatic carbocycles. The van der Waals surface area contributed by atoms with Crippen LogP contribution in [0.2, 0.25) is 5.02 Å². The normalized spacial score (nSPS) is 18.3. The van der Waals surface area contributed by atoms with Crippen molar-refractivity contribution < 1.29 is 4.79 Å². The molecule has 1 aliphatic heterocycles. The number of carbonyl (C=O) groups is 1. The molecule has 1 aromatic rings. The fourth-order valence-electron chi connectivity index (χ4n) is 1.85. The summed E-state index contributed by atoms with van der Waals surface area (Å²) in [6.45, 7) is 5.77. The maximum atomic E-state index is 11.8. The molecule has 1 aromatic carbocycles. The second-order valence-electron chi connectivity index (χ2n) is 4.57. The van der Waals surface area contributed by atoms with Crippen LogP contribution < -0.4 is 5.32 Å². The van der Waals surface area contributed by atoms with Crippen molar-refractivity contribution in [3.05, 3.63) is 28.3 Å². The maximum Gasteiger partial charge on any atom is 0.162 e. The molecule has 15 heavy (non-hydrogen) atoms. The van der Waals surface area contributed by atoms with E-state index in [-0.39, 0.29) is 5.78 Å². The maximum absolute atomic E-state index is 11.8. The average Bonchev–Trinajstić information content (AvgIpc) is 2.15. The third-order valence-electron chi connectivity index (χ3n) is 2.97. The summed E-state index contributed by atoms with van der Waals surface area (Å²) >= 11 is 6.12. The van der Waals surface area contributed by atoms with Crippen molar-refractivity contribution in [1.82, 2.24) is 0 Å². The van der Waals surface area contributed by atoms with E-state index in [9.17, 15) is 4.79 Å². The Balaban J connectivity index is 2.59. The molecule has 80 valence electrons. The van der Waals surface area contributed by atoms with E-state index in [1.807, 2.05) is 32.9 Å². The minimum absolute atomic E-state index is 0.209. The van der Waals surface area contributed by atoms with Gasteiger partial charge < -0.3 is 5.32 Å². The number of hydrogen-bond acceptors (Lipinski definition) is 2. The first-order valence-electron chi connectivity index (χ1n) is 5.01. The summed E-state index contributed by atoms with van der Waals surface area (Å²) in [6, 6.07) is 3.82. The molecule has 0 fully saturated rings. The fourth-order valence-corrected chi connectivity index (χ4v) is 2.07. The molecule has 2 rings (SSSR count). The van der Waals surface area contributed by atoms with Gasteiger partial charge >= 0.3 is 0 Å². The lowest BCUT2D eigenvalue weighted by Crippen LogP contribution is -2.45. The van der Waals surface area contributed by atoms with Crippen molar-refractivity contribution in [3.63, 3.8) is 0 Å². The number of aryl methyl sites for hydroxylation is 1. The number of benzene rings is 1. The molecule has 0 atom stereocenters. The molecule has 0 bridgehead atoms. The highest BCUT2D eigenvalue weighted by atomic mass is 35.5. The SMILES string of the molecule is Cc1ccc(Cl)c2c1CC(=O)C(C)(C)N2. The first kappa shape index (κ1) is 10.5. The lowest BCUT2D eigenvalue weighted by Gasteiger charge is -2.33. The molecule has 0 amide bonds. The van der Waals surface area contributed by atoms with Gasteiger partial charge in [-0.25, -0.2) is 0 Å². The van der Waals surface area contributed by atoms with Gasteiger partial charge in [0.25, 0.3) is 0 Å². The van der Waals surface area contributed by atoms with Gasteiger partial charge in [-0.1, -0.05) is 17.7 Å². The first-order valence-corrected chi connectivity index (χ1v) is 5.39. The van der Waals surface area contributed by atoms with Crippen LogP contribution in [-0.4, -0.2) is 11.3 Å². The second-order valence-corrected chi connectivity index (χ2v) is 4.97. The summed E-state index contributed by atoms with van der Waals surface area (Å²) in [5.41, 5.74) is 2.56. The van der Waals surface area contributed by atoms with Gasteiger partial charge in [0.05, 0.1) is 16.2 Å². The summed E-state index contributed by atoms with van der Waals surface area (Å²) in [4.78, 5) is 11.8. The van der Waals surface area contributed by atoms with Crippen LogP contribution in [0.5, 0.6) is 0 Å². The molecule has 0 aromatic heterocycles. The van der Waals surface area contributed by atoms with Crippen LogP contribution in [0.15, 0.2) is 12.1 Å². The third kappa shape index (κ3) is 1.63. The van der Waals surface area contributed by atoms with E-state index in [0.29, 0.717) is 11.4 Å². The first-order chi connectivity index (χ1) is 6.92. The number of fused-ring (bicyclic) bond motifs is 1. The fraction of sp³-hybridized carbons (Fsp3) is 0.417. The van der Waals surface area contributed by atoms with Gasteiger partial charge in [0.15, 0.2) is 5.78 Å². The topological polar surface area (TPSA) is 29.1 Å². The molecule has 0 saturated carbocycles. The van der Waals surface area contributed by atoms with Crippen LogP contribution in [0.1, 0.15) is 25.0 Å². The van der Waals surface area contributed by atoms with Crippen LogP contribution >= 0.6 is 11.6 Å². The number of nitrogens with one attached hydrogen (secondary N) is 1. The Morgan fingerprint density at radius 1 is 1.40 bits per heavy atom. The number of anilines is 1. The van der Waals surface area contributed by atoms with Crippen molar-refractivity contribution >= 4 is 23.1 Å². The average molecular weight is 224 g/mol. The van der Waals surface area contributed by atoms with E-state index < -0.39 is 5.54 Å². The van der Waals surface area contributed by atoms with Gasteiger partial charge in [-0.15, -0.1) is 0 Å². The van der Waals surface area contributed by atoms with Gasteiger partial charge in [0, 0.05) is 6.42 Å². The zero-order chi connectivity index (χ0) is 11.2. The van der Waals surface area contributed by atoms with E-state index in [0.717, 1.165) is 16.8 Å². The molecular formula is C12H14ClNO. The summed E-state index contributed by atoms with van der Waals surface area (Å²) in [5, 5.41) is 3.90. The zero-order valence-corrected chi connectivity index (χ0v) is 9.90. The molecule has 3 heteroatoms. The molecule has 1 N–H and O–H groups in total. The highest BCUT2D eigenvalue weighted by Gasteiger charge is 2.34. The number of ketones is 1. The Bertz CT molecular complexity index is 437. The van der Waals surface area contributed by atoms with E-state index in [1.165, 1.54) is 0 Å². The third-order valence-corrected chi connectivity index (χ3v) is 3.28.